The van der Waals surface area contributed by atoms with E-state index in [2.05, 4.69) is 20.9 Å². The van der Waals surface area contributed by atoms with E-state index in [0.29, 0.717) is 22.2 Å². The molecule has 0 aliphatic heterocycles. The Morgan fingerprint density at radius 1 is 1.25 bits per heavy atom. The molecular weight excluding hydrogens is 360 g/mol. The molecule has 0 amide bonds. The molecule has 0 aliphatic carbocycles. The fourth-order valence-electron chi connectivity index (χ4n) is 1.85. The van der Waals surface area contributed by atoms with Crippen LogP contribution in [0.1, 0.15) is 5.01 Å². The molecule has 1 aromatic heterocycles. The number of benzene rings is 2. The summed E-state index contributed by atoms with van der Waals surface area (Å²) in [6.07, 6.45) is 0. The number of rotatable bonds is 2. The second-order valence-corrected chi connectivity index (χ2v) is 6.83. The summed E-state index contributed by atoms with van der Waals surface area (Å²) in [6, 6.07) is 9.14. The number of nitrogen functional groups attached to an aromatic ring is 1. The number of fused-ring (bicyclic) bond motifs is 1. The molecule has 0 fully saturated rings. The monoisotopic (exact) mass is 368 g/mol. The predicted molar refractivity (Wildman–Crippen MR) is 88.0 cm³/mol. The summed E-state index contributed by atoms with van der Waals surface area (Å²) in [7, 11) is 0. The molecule has 0 bridgehead atoms. The number of halogens is 2. The average Bonchev–Trinajstić information content (AvgIpc) is 2.73. The van der Waals surface area contributed by atoms with Crippen LogP contribution in [0.3, 0.4) is 0 Å². The van der Waals surface area contributed by atoms with E-state index in [-0.39, 0.29) is 0 Å². The lowest BCUT2D eigenvalue weighted by molar-refractivity contribution is 0.485. The largest absolute Gasteiger partial charge is 0.454 e. The van der Waals surface area contributed by atoms with E-state index in [0.717, 1.165) is 19.7 Å². The first-order valence-electron chi connectivity index (χ1n) is 5.82. The molecule has 102 valence electrons. The van der Waals surface area contributed by atoms with Gasteiger partial charge in [0.25, 0.3) is 0 Å². The van der Waals surface area contributed by atoms with E-state index < -0.39 is 0 Å². The molecule has 0 saturated heterocycles. The summed E-state index contributed by atoms with van der Waals surface area (Å²) in [5.41, 5.74) is 7.48. The maximum absolute atomic E-state index is 6.12. The van der Waals surface area contributed by atoms with Crippen LogP contribution < -0.4 is 10.5 Å². The number of hydrogen-bond acceptors (Lipinski definition) is 4. The minimum Gasteiger partial charge on any atom is -0.454 e. The smallest absolute Gasteiger partial charge is 0.152 e. The van der Waals surface area contributed by atoms with Gasteiger partial charge in [0, 0.05) is 10.5 Å². The molecule has 3 rings (SSSR count). The van der Waals surface area contributed by atoms with E-state index in [9.17, 15) is 0 Å². The van der Waals surface area contributed by atoms with Crippen LogP contribution in [-0.4, -0.2) is 4.98 Å². The van der Waals surface area contributed by atoms with Gasteiger partial charge < -0.3 is 10.5 Å². The summed E-state index contributed by atoms with van der Waals surface area (Å²) in [5.74, 6) is 1.11. The van der Waals surface area contributed by atoms with Gasteiger partial charge in [0.05, 0.1) is 25.9 Å². The minimum atomic E-state index is 0.530. The fraction of sp³-hybridized carbons (Fsp3) is 0.0714. The van der Waals surface area contributed by atoms with Crippen LogP contribution in [0.15, 0.2) is 34.8 Å². The Kier molecular flexibility index (Phi) is 3.58. The number of aryl methyl sites for hydroxylation is 1. The van der Waals surface area contributed by atoms with Crippen LogP contribution in [0.25, 0.3) is 10.2 Å². The van der Waals surface area contributed by atoms with Crippen molar-refractivity contribution >= 4 is 54.8 Å². The number of anilines is 1. The van der Waals surface area contributed by atoms with Gasteiger partial charge in [0.1, 0.15) is 5.75 Å². The third-order valence-electron chi connectivity index (χ3n) is 2.74. The molecule has 3 nitrogen and oxygen atoms in total. The maximum atomic E-state index is 6.12. The number of thiazole rings is 1. The SMILES string of the molecule is Cc1nc2cc(Oc3cc(Br)ccc3Cl)c(N)cc2s1. The highest BCUT2D eigenvalue weighted by Gasteiger charge is 2.10. The summed E-state index contributed by atoms with van der Waals surface area (Å²) in [5, 5.41) is 1.53. The van der Waals surface area contributed by atoms with Crippen molar-refractivity contribution in [2.75, 3.05) is 5.73 Å². The number of hydrogen-bond donors (Lipinski definition) is 1. The highest BCUT2D eigenvalue weighted by molar-refractivity contribution is 9.10. The van der Waals surface area contributed by atoms with E-state index in [4.69, 9.17) is 22.1 Å². The number of nitrogens with zero attached hydrogens (tertiary/aromatic N) is 1. The lowest BCUT2D eigenvalue weighted by Crippen LogP contribution is -1.92. The Balaban J connectivity index is 2.05. The van der Waals surface area contributed by atoms with Gasteiger partial charge >= 0.3 is 0 Å². The van der Waals surface area contributed by atoms with Crippen LogP contribution in [0.4, 0.5) is 5.69 Å². The second kappa shape index (κ2) is 5.24. The zero-order valence-electron chi connectivity index (χ0n) is 10.5. The summed E-state index contributed by atoms with van der Waals surface area (Å²) >= 11 is 11.1. The molecule has 0 aliphatic rings. The molecule has 0 saturated carbocycles. The first-order chi connectivity index (χ1) is 9.52. The fourth-order valence-corrected chi connectivity index (χ4v) is 3.20. The first kappa shape index (κ1) is 13.7. The molecular formula is C14H10BrClN2OS. The second-order valence-electron chi connectivity index (χ2n) is 4.27. The lowest BCUT2D eigenvalue weighted by atomic mass is 10.2. The van der Waals surface area contributed by atoms with Gasteiger partial charge in [0.15, 0.2) is 5.75 Å². The third kappa shape index (κ3) is 2.61. The zero-order valence-corrected chi connectivity index (χ0v) is 13.6. The number of ether oxygens (including phenoxy) is 1. The molecule has 0 atom stereocenters. The molecule has 1 heterocycles. The topological polar surface area (TPSA) is 48.1 Å². The molecule has 3 aromatic rings. The standard InChI is InChI=1S/C14H10BrClN2OS/c1-7-18-11-6-13(10(17)5-14(11)20-7)19-12-4-8(15)2-3-9(12)16/h2-6H,17H2,1H3. The Hall–Kier alpha value is -1.30. The van der Waals surface area contributed by atoms with Crippen molar-refractivity contribution in [3.63, 3.8) is 0 Å². The van der Waals surface area contributed by atoms with Crippen LogP contribution in [0, 0.1) is 6.92 Å². The van der Waals surface area contributed by atoms with Crippen molar-refractivity contribution in [3.05, 3.63) is 44.8 Å². The lowest BCUT2D eigenvalue weighted by Gasteiger charge is -2.10. The molecule has 20 heavy (non-hydrogen) atoms. The summed E-state index contributed by atoms with van der Waals surface area (Å²) in [4.78, 5) is 4.44. The van der Waals surface area contributed by atoms with Crippen LogP contribution in [0.2, 0.25) is 5.02 Å². The van der Waals surface area contributed by atoms with Crippen molar-refractivity contribution in [2.45, 2.75) is 6.92 Å². The van der Waals surface area contributed by atoms with Gasteiger partial charge in [-0.25, -0.2) is 4.98 Å². The molecule has 0 spiro atoms. The quantitative estimate of drug-likeness (QED) is 0.616. The van der Waals surface area contributed by atoms with Gasteiger partial charge in [-0.15, -0.1) is 11.3 Å². The van der Waals surface area contributed by atoms with Crippen molar-refractivity contribution in [1.82, 2.24) is 4.98 Å². The molecule has 2 aromatic carbocycles. The van der Waals surface area contributed by atoms with E-state index in [1.165, 1.54) is 0 Å². The van der Waals surface area contributed by atoms with Crippen LogP contribution in [-0.2, 0) is 0 Å². The average molecular weight is 370 g/mol. The molecule has 0 radical (unpaired) electrons. The Morgan fingerprint density at radius 2 is 2.05 bits per heavy atom. The zero-order chi connectivity index (χ0) is 14.3. The van der Waals surface area contributed by atoms with Crippen molar-refractivity contribution < 1.29 is 4.74 Å². The van der Waals surface area contributed by atoms with Crippen LogP contribution in [0.5, 0.6) is 11.5 Å². The van der Waals surface area contributed by atoms with E-state index in [1.807, 2.05) is 25.1 Å². The van der Waals surface area contributed by atoms with Gasteiger partial charge in [-0.05, 0) is 31.2 Å². The normalized spacial score (nSPS) is 10.9. The van der Waals surface area contributed by atoms with Gasteiger partial charge in [-0.1, -0.05) is 27.5 Å². The molecule has 0 unspecified atom stereocenters. The Labute approximate surface area is 133 Å². The summed E-state index contributed by atoms with van der Waals surface area (Å²) < 4.78 is 7.75. The van der Waals surface area contributed by atoms with Gasteiger partial charge in [-0.2, -0.15) is 0 Å². The van der Waals surface area contributed by atoms with E-state index in [1.54, 1.807) is 23.5 Å². The first-order valence-corrected chi connectivity index (χ1v) is 7.81. The number of nitrogens with two attached hydrogens (primary N) is 1. The Morgan fingerprint density at radius 3 is 2.85 bits per heavy atom. The predicted octanol–water partition coefficient (Wildman–Crippen LogP) is 5.40. The highest BCUT2D eigenvalue weighted by atomic mass is 79.9. The third-order valence-corrected chi connectivity index (χ3v) is 4.48. The van der Waals surface area contributed by atoms with Gasteiger partial charge in [-0.3, -0.25) is 0 Å². The number of aromatic nitrogens is 1. The maximum Gasteiger partial charge on any atom is 0.152 e. The van der Waals surface area contributed by atoms with Crippen molar-refractivity contribution in [2.24, 2.45) is 0 Å². The molecule has 6 heteroatoms. The molecule has 2 N–H and O–H groups in total. The minimum absolute atomic E-state index is 0.530. The van der Waals surface area contributed by atoms with Crippen molar-refractivity contribution in [1.29, 1.82) is 0 Å². The van der Waals surface area contributed by atoms with Crippen LogP contribution >= 0.6 is 38.9 Å². The van der Waals surface area contributed by atoms with E-state index >= 15 is 0 Å². The highest BCUT2D eigenvalue weighted by Crippen LogP contribution is 2.37. The van der Waals surface area contributed by atoms with Gasteiger partial charge in [0.2, 0.25) is 0 Å². The summed E-state index contributed by atoms with van der Waals surface area (Å²) in [6.45, 7) is 1.96. The van der Waals surface area contributed by atoms with Crippen molar-refractivity contribution in [3.8, 4) is 11.5 Å². The Bertz CT molecular complexity index is 803.